The third-order valence-corrected chi connectivity index (χ3v) is 4.72. The average Bonchev–Trinajstić information content (AvgIpc) is 3.38. The number of aromatic nitrogens is 2. The summed E-state index contributed by atoms with van der Waals surface area (Å²) >= 11 is 0. The van der Waals surface area contributed by atoms with E-state index in [4.69, 9.17) is 9.84 Å². The number of rotatable bonds is 4. The van der Waals surface area contributed by atoms with Gasteiger partial charge in [-0.15, -0.1) is 0 Å². The van der Waals surface area contributed by atoms with E-state index in [1.165, 1.54) is 0 Å². The van der Waals surface area contributed by atoms with E-state index in [-0.39, 0.29) is 5.91 Å². The Labute approximate surface area is 152 Å². The summed E-state index contributed by atoms with van der Waals surface area (Å²) in [6, 6.07) is 17.5. The highest BCUT2D eigenvalue weighted by Gasteiger charge is 2.25. The Morgan fingerprint density at radius 1 is 1.00 bits per heavy atom. The molecule has 1 aliphatic heterocycles. The van der Waals surface area contributed by atoms with E-state index in [0.29, 0.717) is 11.3 Å². The molecule has 1 aromatic heterocycles. The molecule has 0 atom stereocenters. The molecular weight excluding hydrogens is 326 g/mol. The van der Waals surface area contributed by atoms with Crippen LogP contribution in [-0.2, 0) is 0 Å². The number of carbonyl (C=O) groups excluding carboxylic acids is 1. The SMILES string of the molecule is COc1ccc(-c2nn(-c3ccccc3)cc2C(=O)N2CCCC2)cc1. The third kappa shape index (κ3) is 3.08. The van der Waals surface area contributed by atoms with Crippen LogP contribution in [0.2, 0.25) is 0 Å². The minimum atomic E-state index is 0.0514. The lowest BCUT2D eigenvalue weighted by atomic mass is 10.1. The van der Waals surface area contributed by atoms with Crippen molar-refractivity contribution in [3.63, 3.8) is 0 Å². The Hall–Kier alpha value is -3.08. The monoisotopic (exact) mass is 347 g/mol. The fourth-order valence-corrected chi connectivity index (χ4v) is 3.30. The van der Waals surface area contributed by atoms with Crippen molar-refractivity contribution in [2.45, 2.75) is 12.8 Å². The molecule has 0 N–H and O–H groups in total. The molecule has 0 aliphatic carbocycles. The van der Waals surface area contributed by atoms with Gasteiger partial charge in [0, 0.05) is 24.8 Å². The van der Waals surface area contributed by atoms with Gasteiger partial charge in [0.05, 0.1) is 18.4 Å². The highest BCUT2D eigenvalue weighted by Crippen LogP contribution is 2.27. The van der Waals surface area contributed by atoms with Crippen molar-refractivity contribution in [2.24, 2.45) is 0 Å². The second-order valence-corrected chi connectivity index (χ2v) is 6.40. The lowest BCUT2D eigenvalue weighted by Gasteiger charge is -2.14. The lowest BCUT2D eigenvalue weighted by Crippen LogP contribution is -2.27. The van der Waals surface area contributed by atoms with Gasteiger partial charge in [-0.05, 0) is 49.2 Å². The Bertz CT molecular complexity index is 895. The van der Waals surface area contributed by atoms with E-state index in [1.54, 1.807) is 11.8 Å². The van der Waals surface area contributed by atoms with Crippen LogP contribution in [0.25, 0.3) is 16.9 Å². The number of amides is 1. The van der Waals surface area contributed by atoms with E-state index in [9.17, 15) is 4.79 Å². The van der Waals surface area contributed by atoms with Crippen molar-refractivity contribution >= 4 is 5.91 Å². The molecular formula is C21H21N3O2. The van der Waals surface area contributed by atoms with Gasteiger partial charge in [-0.2, -0.15) is 5.10 Å². The summed E-state index contributed by atoms with van der Waals surface area (Å²) in [7, 11) is 1.64. The lowest BCUT2D eigenvalue weighted by molar-refractivity contribution is 0.0793. The number of likely N-dealkylation sites (tertiary alicyclic amines) is 1. The number of carbonyl (C=O) groups is 1. The number of methoxy groups -OCH3 is 1. The zero-order chi connectivity index (χ0) is 17.9. The zero-order valence-corrected chi connectivity index (χ0v) is 14.8. The maximum absolute atomic E-state index is 13.1. The standard InChI is InChI=1S/C21H21N3O2/c1-26-18-11-9-16(10-12-18)20-19(21(25)23-13-5-6-14-23)15-24(22-20)17-7-3-2-4-8-17/h2-4,7-12,15H,5-6,13-14H2,1H3. The van der Waals surface area contributed by atoms with E-state index >= 15 is 0 Å². The molecule has 0 unspecified atom stereocenters. The molecule has 0 bridgehead atoms. The van der Waals surface area contributed by atoms with Crippen molar-refractivity contribution in [1.29, 1.82) is 0 Å². The fourth-order valence-electron chi connectivity index (χ4n) is 3.30. The maximum atomic E-state index is 13.1. The molecule has 2 aromatic carbocycles. The van der Waals surface area contributed by atoms with Crippen molar-refractivity contribution in [3.8, 4) is 22.7 Å². The number of para-hydroxylation sites is 1. The minimum Gasteiger partial charge on any atom is -0.497 e. The molecule has 0 spiro atoms. The van der Waals surface area contributed by atoms with E-state index < -0.39 is 0 Å². The molecule has 132 valence electrons. The Kier molecular flexibility index (Phi) is 4.44. The molecule has 1 aliphatic rings. The smallest absolute Gasteiger partial charge is 0.257 e. The molecule has 26 heavy (non-hydrogen) atoms. The first-order valence-corrected chi connectivity index (χ1v) is 8.85. The summed E-state index contributed by atoms with van der Waals surface area (Å²) in [4.78, 5) is 15.0. The molecule has 4 rings (SSSR count). The van der Waals surface area contributed by atoms with E-state index in [1.807, 2.05) is 65.7 Å². The molecule has 5 nitrogen and oxygen atoms in total. The van der Waals surface area contributed by atoms with Gasteiger partial charge < -0.3 is 9.64 Å². The number of nitrogens with zero attached hydrogens (tertiary/aromatic N) is 3. The van der Waals surface area contributed by atoms with Crippen molar-refractivity contribution < 1.29 is 9.53 Å². The van der Waals surface area contributed by atoms with Crippen LogP contribution in [0.5, 0.6) is 5.75 Å². The molecule has 0 saturated carbocycles. The van der Waals surface area contributed by atoms with Crippen LogP contribution < -0.4 is 4.74 Å². The second kappa shape index (κ2) is 7.04. The molecule has 0 radical (unpaired) electrons. The van der Waals surface area contributed by atoms with Crippen molar-refractivity contribution in [1.82, 2.24) is 14.7 Å². The van der Waals surface area contributed by atoms with Crippen molar-refractivity contribution in [3.05, 3.63) is 66.4 Å². The summed E-state index contributed by atoms with van der Waals surface area (Å²) in [5, 5.41) is 4.73. The van der Waals surface area contributed by atoms with Gasteiger partial charge >= 0.3 is 0 Å². The van der Waals surface area contributed by atoms with E-state index in [2.05, 4.69) is 0 Å². The largest absolute Gasteiger partial charge is 0.497 e. The Morgan fingerprint density at radius 3 is 2.35 bits per heavy atom. The Balaban J connectivity index is 1.79. The number of hydrogen-bond acceptors (Lipinski definition) is 3. The normalized spacial score (nSPS) is 13.8. The highest BCUT2D eigenvalue weighted by molar-refractivity contribution is 6.00. The summed E-state index contributed by atoms with van der Waals surface area (Å²) in [6.07, 6.45) is 3.97. The first-order valence-electron chi connectivity index (χ1n) is 8.85. The predicted octanol–water partition coefficient (Wildman–Crippen LogP) is 3.78. The summed E-state index contributed by atoms with van der Waals surface area (Å²) in [5.74, 6) is 0.833. The molecule has 5 heteroatoms. The Morgan fingerprint density at radius 2 is 1.69 bits per heavy atom. The zero-order valence-electron chi connectivity index (χ0n) is 14.8. The van der Waals surface area contributed by atoms with Gasteiger partial charge in [0.1, 0.15) is 11.4 Å². The molecule has 2 heterocycles. The molecule has 1 saturated heterocycles. The van der Waals surface area contributed by atoms with Crippen LogP contribution in [0.1, 0.15) is 23.2 Å². The maximum Gasteiger partial charge on any atom is 0.257 e. The van der Waals surface area contributed by atoms with Gasteiger partial charge in [-0.1, -0.05) is 18.2 Å². The van der Waals surface area contributed by atoms with Crippen LogP contribution in [-0.4, -0.2) is 40.8 Å². The van der Waals surface area contributed by atoms with Crippen LogP contribution >= 0.6 is 0 Å². The van der Waals surface area contributed by atoms with Crippen LogP contribution in [0.4, 0.5) is 0 Å². The summed E-state index contributed by atoms with van der Waals surface area (Å²) in [5.41, 5.74) is 3.18. The quantitative estimate of drug-likeness (QED) is 0.721. The van der Waals surface area contributed by atoms with Gasteiger partial charge in [-0.3, -0.25) is 4.79 Å². The number of benzene rings is 2. The van der Waals surface area contributed by atoms with Gasteiger partial charge in [0.25, 0.3) is 5.91 Å². The third-order valence-electron chi connectivity index (χ3n) is 4.72. The average molecular weight is 347 g/mol. The fraction of sp³-hybridized carbons (Fsp3) is 0.238. The van der Waals surface area contributed by atoms with Crippen LogP contribution in [0, 0.1) is 0 Å². The van der Waals surface area contributed by atoms with Crippen molar-refractivity contribution in [2.75, 3.05) is 20.2 Å². The molecule has 1 fully saturated rings. The first kappa shape index (κ1) is 16.4. The van der Waals surface area contributed by atoms with Gasteiger partial charge in [-0.25, -0.2) is 4.68 Å². The van der Waals surface area contributed by atoms with Gasteiger partial charge in [0.2, 0.25) is 0 Å². The molecule has 1 amide bonds. The van der Waals surface area contributed by atoms with Gasteiger partial charge in [0.15, 0.2) is 0 Å². The van der Waals surface area contributed by atoms with E-state index in [0.717, 1.165) is 42.9 Å². The summed E-state index contributed by atoms with van der Waals surface area (Å²) in [6.45, 7) is 1.63. The van der Waals surface area contributed by atoms with Crippen LogP contribution in [0.15, 0.2) is 60.8 Å². The number of ether oxygens (including phenoxy) is 1. The summed E-state index contributed by atoms with van der Waals surface area (Å²) < 4.78 is 7.02. The number of hydrogen-bond donors (Lipinski definition) is 0. The minimum absolute atomic E-state index is 0.0514. The first-order chi connectivity index (χ1) is 12.8. The van der Waals surface area contributed by atoms with Crippen LogP contribution in [0.3, 0.4) is 0 Å². The second-order valence-electron chi connectivity index (χ2n) is 6.40. The highest BCUT2D eigenvalue weighted by atomic mass is 16.5. The topological polar surface area (TPSA) is 47.4 Å². The molecule has 3 aromatic rings. The predicted molar refractivity (Wildman–Crippen MR) is 101 cm³/mol.